The third-order valence-corrected chi connectivity index (χ3v) is 2.92. The van der Waals surface area contributed by atoms with Crippen LogP contribution in [0.2, 0.25) is 0 Å². The van der Waals surface area contributed by atoms with E-state index in [1.165, 1.54) is 12.1 Å². The second kappa shape index (κ2) is 5.48. The number of aryl methyl sites for hydroxylation is 1. The summed E-state index contributed by atoms with van der Waals surface area (Å²) in [5.41, 5.74) is 5.95. The van der Waals surface area contributed by atoms with E-state index in [1.807, 2.05) is 18.2 Å². The molecule has 2 aromatic carbocycles. The Kier molecular flexibility index (Phi) is 3.75. The van der Waals surface area contributed by atoms with E-state index in [9.17, 15) is 9.18 Å². The van der Waals surface area contributed by atoms with E-state index in [0.717, 1.165) is 16.3 Å². The molecule has 0 spiro atoms. The molecule has 2 aromatic rings. The van der Waals surface area contributed by atoms with Gasteiger partial charge in [-0.1, -0.05) is 29.4 Å². The molecule has 2 rings (SSSR count). The van der Waals surface area contributed by atoms with Gasteiger partial charge in [0.2, 0.25) is 0 Å². The molecule has 19 heavy (non-hydrogen) atoms. The van der Waals surface area contributed by atoms with E-state index in [4.69, 9.17) is 10.9 Å². The van der Waals surface area contributed by atoms with Crippen LogP contribution >= 0.6 is 0 Å². The number of oxime groups is 1. The Labute approximate surface area is 109 Å². The van der Waals surface area contributed by atoms with E-state index >= 15 is 0 Å². The van der Waals surface area contributed by atoms with Crippen LogP contribution in [-0.4, -0.2) is 16.8 Å². The summed E-state index contributed by atoms with van der Waals surface area (Å²) in [6.07, 6.45) is 0.786. The molecular formula is C14H13FN2O2. The third kappa shape index (κ3) is 3.07. The zero-order valence-corrected chi connectivity index (χ0v) is 10.1. The number of amides is 1. The molecule has 4 nitrogen and oxygen atoms in total. The Bertz CT molecular complexity index is 653. The van der Waals surface area contributed by atoms with Crippen LogP contribution in [0.4, 0.5) is 4.39 Å². The van der Waals surface area contributed by atoms with Gasteiger partial charge in [-0.25, -0.2) is 4.39 Å². The molecule has 0 fully saturated rings. The Morgan fingerprint density at radius 2 is 1.89 bits per heavy atom. The van der Waals surface area contributed by atoms with Gasteiger partial charge in [0.25, 0.3) is 5.91 Å². The SMILES string of the molecule is NC(=O)/C(CCc1ccc2cc(F)ccc2c1)=N/O. The van der Waals surface area contributed by atoms with Crippen molar-refractivity contribution in [1.29, 1.82) is 0 Å². The van der Waals surface area contributed by atoms with E-state index in [-0.39, 0.29) is 17.9 Å². The maximum absolute atomic E-state index is 13.0. The number of carbonyl (C=O) groups is 1. The quantitative estimate of drug-likeness (QED) is 0.502. The maximum Gasteiger partial charge on any atom is 0.266 e. The summed E-state index contributed by atoms with van der Waals surface area (Å²) in [6, 6.07) is 10.1. The fraction of sp³-hybridized carbons (Fsp3) is 0.143. The topological polar surface area (TPSA) is 75.7 Å². The van der Waals surface area contributed by atoms with Gasteiger partial charge in [0.05, 0.1) is 0 Å². The number of hydrogen-bond donors (Lipinski definition) is 2. The summed E-state index contributed by atoms with van der Waals surface area (Å²) < 4.78 is 13.0. The molecule has 0 saturated carbocycles. The van der Waals surface area contributed by atoms with Crippen LogP contribution in [-0.2, 0) is 11.2 Å². The number of nitrogens with two attached hydrogens (primary N) is 1. The van der Waals surface area contributed by atoms with Gasteiger partial charge < -0.3 is 10.9 Å². The number of nitrogens with zero attached hydrogens (tertiary/aromatic N) is 1. The van der Waals surface area contributed by atoms with E-state index in [0.29, 0.717) is 6.42 Å². The minimum Gasteiger partial charge on any atom is -0.410 e. The molecule has 0 radical (unpaired) electrons. The summed E-state index contributed by atoms with van der Waals surface area (Å²) in [7, 11) is 0. The van der Waals surface area contributed by atoms with Crippen molar-refractivity contribution in [2.24, 2.45) is 10.9 Å². The first kappa shape index (κ1) is 13.0. The summed E-state index contributed by atoms with van der Waals surface area (Å²) >= 11 is 0. The van der Waals surface area contributed by atoms with E-state index in [1.54, 1.807) is 6.07 Å². The average molecular weight is 260 g/mol. The standard InChI is InChI=1S/C14H13FN2O2/c15-12-5-4-10-7-9(1-3-11(10)8-12)2-6-13(17-19)14(16)18/h1,3-5,7-8,19H,2,6H2,(H2,16,18)/b17-13+. The maximum atomic E-state index is 13.0. The highest BCUT2D eigenvalue weighted by Gasteiger charge is 2.08. The first-order valence-corrected chi connectivity index (χ1v) is 5.79. The van der Waals surface area contributed by atoms with Gasteiger partial charge in [-0.2, -0.15) is 0 Å². The van der Waals surface area contributed by atoms with E-state index in [2.05, 4.69) is 5.16 Å². The molecule has 98 valence electrons. The van der Waals surface area contributed by atoms with Crippen LogP contribution in [0.25, 0.3) is 10.8 Å². The first-order valence-electron chi connectivity index (χ1n) is 5.79. The van der Waals surface area contributed by atoms with Gasteiger partial charge in [-0.15, -0.1) is 0 Å². The van der Waals surface area contributed by atoms with E-state index < -0.39 is 5.91 Å². The molecule has 3 N–H and O–H groups in total. The van der Waals surface area contributed by atoms with Crippen molar-refractivity contribution in [1.82, 2.24) is 0 Å². The lowest BCUT2D eigenvalue weighted by Gasteiger charge is -2.04. The number of hydrogen-bond acceptors (Lipinski definition) is 3. The summed E-state index contributed by atoms with van der Waals surface area (Å²) in [6.45, 7) is 0. The highest BCUT2D eigenvalue weighted by molar-refractivity contribution is 6.38. The largest absolute Gasteiger partial charge is 0.410 e. The highest BCUT2D eigenvalue weighted by Crippen LogP contribution is 2.18. The Balaban J connectivity index is 2.18. The Hall–Kier alpha value is -2.43. The van der Waals surface area contributed by atoms with Gasteiger partial charge in [-0.3, -0.25) is 4.79 Å². The normalized spacial score (nSPS) is 11.7. The van der Waals surface area contributed by atoms with Crippen LogP contribution in [0.3, 0.4) is 0 Å². The van der Waals surface area contributed by atoms with Crippen molar-refractivity contribution in [3.8, 4) is 0 Å². The summed E-state index contributed by atoms with van der Waals surface area (Å²) in [5, 5.41) is 13.2. The fourth-order valence-electron chi connectivity index (χ4n) is 1.91. The molecule has 5 heteroatoms. The smallest absolute Gasteiger partial charge is 0.266 e. The molecule has 0 heterocycles. The molecule has 0 atom stereocenters. The molecule has 0 bridgehead atoms. The van der Waals surface area contributed by atoms with Gasteiger partial charge in [0.15, 0.2) is 0 Å². The third-order valence-electron chi connectivity index (χ3n) is 2.92. The van der Waals surface area contributed by atoms with Gasteiger partial charge in [0, 0.05) is 6.42 Å². The molecule has 1 amide bonds. The second-order valence-corrected chi connectivity index (χ2v) is 4.24. The minimum absolute atomic E-state index is 0.0563. The predicted octanol–water partition coefficient (Wildman–Crippen LogP) is 2.23. The molecule has 0 aliphatic carbocycles. The number of primary amides is 1. The van der Waals surface area contributed by atoms with Gasteiger partial charge in [-0.05, 0) is 34.9 Å². The highest BCUT2D eigenvalue weighted by atomic mass is 19.1. The van der Waals surface area contributed by atoms with Crippen LogP contribution < -0.4 is 5.73 Å². The van der Waals surface area contributed by atoms with Crippen LogP contribution in [0.1, 0.15) is 12.0 Å². The minimum atomic E-state index is -0.731. The van der Waals surface area contributed by atoms with Crippen LogP contribution in [0, 0.1) is 5.82 Å². The monoisotopic (exact) mass is 260 g/mol. The zero-order valence-electron chi connectivity index (χ0n) is 10.1. The van der Waals surface area contributed by atoms with Crippen molar-refractivity contribution < 1.29 is 14.4 Å². The lowest BCUT2D eigenvalue weighted by Crippen LogP contribution is -2.23. The summed E-state index contributed by atoms with van der Waals surface area (Å²) in [4.78, 5) is 10.9. The molecule has 0 aliphatic rings. The van der Waals surface area contributed by atoms with Crippen LogP contribution in [0.5, 0.6) is 0 Å². The average Bonchev–Trinajstić information content (AvgIpc) is 2.39. The second-order valence-electron chi connectivity index (χ2n) is 4.24. The zero-order chi connectivity index (χ0) is 13.8. The van der Waals surface area contributed by atoms with Crippen molar-refractivity contribution >= 4 is 22.4 Å². The number of halogens is 1. The molecule has 0 aliphatic heterocycles. The molecule has 0 unspecified atom stereocenters. The summed E-state index contributed by atoms with van der Waals surface area (Å²) in [5.74, 6) is -1.01. The van der Waals surface area contributed by atoms with Crippen molar-refractivity contribution in [2.45, 2.75) is 12.8 Å². The van der Waals surface area contributed by atoms with Crippen molar-refractivity contribution in [3.63, 3.8) is 0 Å². The van der Waals surface area contributed by atoms with Crippen LogP contribution in [0.15, 0.2) is 41.6 Å². The number of carbonyl (C=O) groups excluding carboxylic acids is 1. The molecule has 0 saturated heterocycles. The lowest BCUT2D eigenvalue weighted by atomic mass is 10.0. The van der Waals surface area contributed by atoms with Gasteiger partial charge in [0.1, 0.15) is 11.5 Å². The number of benzene rings is 2. The molecular weight excluding hydrogens is 247 g/mol. The Morgan fingerprint density at radius 1 is 1.21 bits per heavy atom. The Morgan fingerprint density at radius 3 is 2.58 bits per heavy atom. The first-order chi connectivity index (χ1) is 9.10. The lowest BCUT2D eigenvalue weighted by molar-refractivity contribution is -0.112. The van der Waals surface area contributed by atoms with Crippen molar-refractivity contribution in [3.05, 3.63) is 47.8 Å². The van der Waals surface area contributed by atoms with Gasteiger partial charge >= 0.3 is 0 Å². The molecule has 0 aromatic heterocycles. The number of rotatable bonds is 4. The predicted molar refractivity (Wildman–Crippen MR) is 70.6 cm³/mol. The number of fused-ring (bicyclic) bond motifs is 1. The van der Waals surface area contributed by atoms with Crippen molar-refractivity contribution in [2.75, 3.05) is 0 Å². The fourth-order valence-corrected chi connectivity index (χ4v) is 1.91.